The minimum absolute atomic E-state index is 0.00546. The number of nitrogens with one attached hydrogen (secondary N) is 1. The average Bonchev–Trinajstić information content (AvgIpc) is 2.94. The van der Waals surface area contributed by atoms with Crippen LogP contribution in [0.5, 0.6) is 0 Å². The van der Waals surface area contributed by atoms with E-state index in [-0.39, 0.29) is 16.5 Å². The molecule has 0 bridgehead atoms. The summed E-state index contributed by atoms with van der Waals surface area (Å²) in [5.41, 5.74) is 0.119. The van der Waals surface area contributed by atoms with E-state index >= 15 is 0 Å². The number of methoxy groups -OCH3 is 1. The molecule has 0 saturated carbocycles. The standard InChI is InChI=1S/C9H12N6O4S/c1-14-6(9(16)19-3)4-7(11-14)12-20(17,18)8-5-10-13-15(8)2/h4-5H,1-3H3,(H,11,12). The summed E-state index contributed by atoms with van der Waals surface area (Å²) in [4.78, 5) is 11.4. The van der Waals surface area contributed by atoms with Crippen molar-refractivity contribution in [1.29, 1.82) is 0 Å². The lowest BCUT2D eigenvalue weighted by molar-refractivity contribution is 0.0588. The Bertz CT molecular complexity index is 746. The Morgan fingerprint density at radius 1 is 1.35 bits per heavy atom. The zero-order valence-corrected chi connectivity index (χ0v) is 11.7. The Morgan fingerprint density at radius 3 is 2.60 bits per heavy atom. The molecule has 10 nitrogen and oxygen atoms in total. The van der Waals surface area contributed by atoms with Crippen molar-refractivity contribution in [1.82, 2.24) is 24.8 Å². The maximum absolute atomic E-state index is 12.1. The number of anilines is 1. The number of sulfonamides is 1. The molecular weight excluding hydrogens is 288 g/mol. The van der Waals surface area contributed by atoms with E-state index < -0.39 is 16.0 Å². The van der Waals surface area contributed by atoms with Crippen LogP contribution in [0.2, 0.25) is 0 Å². The fourth-order valence-electron chi connectivity index (χ4n) is 1.53. The van der Waals surface area contributed by atoms with Crippen molar-refractivity contribution >= 4 is 21.8 Å². The number of hydrogen-bond acceptors (Lipinski definition) is 7. The molecule has 0 aliphatic rings. The molecule has 108 valence electrons. The molecule has 0 amide bonds. The summed E-state index contributed by atoms with van der Waals surface area (Å²) in [5.74, 6) is -0.623. The third kappa shape index (κ3) is 2.47. The predicted octanol–water partition coefficient (Wildman–Crippen LogP) is -0.864. The van der Waals surface area contributed by atoms with Gasteiger partial charge in [-0.1, -0.05) is 5.21 Å². The highest BCUT2D eigenvalue weighted by atomic mass is 32.2. The van der Waals surface area contributed by atoms with E-state index in [9.17, 15) is 13.2 Å². The Morgan fingerprint density at radius 2 is 2.05 bits per heavy atom. The molecule has 2 heterocycles. The van der Waals surface area contributed by atoms with E-state index in [1.54, 1.807) is 0 Å². The van der Waals surface area contributed by atoms with Gasteiger partial charge >= 0.3 is 5.97 Å². The van der Waals surface area contributed by atoms with Crippen molar-refractivity contribution in [3.05, 3.63) is 18.0 Å². The van der Waals surface area contributed by atoms with Gasteiger partial charge < -0.3 is 4.74 Å². The third-order valence-corrected chi connectivity index (χ3v) is 3.86. The minimum atomic E-state index is -3.88. The molecule has 0 unspecified atom stereocenters. The first-order chi connectivity index (χ1) is 9.35. The highest BCUT2D eigenvalue weighted by Gasteiger charge is 2.22. The Balaban J connectivity index is 2.31. The van der Waals surface area contributed by atoms with Crippen LogP contribution >= 0.6 is 0 Å². The lowest BCUT2D eigenvalue weighted by Gasteiger charge is -2.03. The van der Waals surface area contributed by atoms with Gasteiger partial charge in [0.15, 0.2) is 10.8 Å². The molecule has 0 aromatic carbocycles. The van der Waals surface area contributed by atoms with Crippen LogP contribution in [-0.4, -0.2) is 46.3 Å². The molecule has 0 aliphatic heterocycles. The summed E-state index contributed by atoms with van der Waals surface area (Å²) in [6.07, 6.45) is 1.10. The Kier molecular flexibility index (Phi) is 3.44. The van der Waals surface area contributed by atoms with Gasteiger partial charge in [0.2, 0.25) is 0 Å². The lowest BCUT2D eigenvalue weighted by Crippen LogP contribution is -2.17. The van der Waals surface area contributed by atoms with Gasteiger partial charge in [-0.3, -0.25) is 9.40 Å². The van der Waals surface area contributed by atoms with E-state index in [1.165, 1.54) is 32.0 Å². The smallest absolute Gasteiger partial charge is 0.356 e. The molecule has 0 spiro atoms. The SMILES string of the molecule is COC(=O)c1cc(NS(=O)(=O)c2cnnn2C)nn1C. The molecule has 0 fully saturated rings. The second-order valence-electron chi connectivity index (χ2n) is 3.83. The zero-order chi connectivity index (χ0) is 14.9. The molecule has 0 saturated heterocycles. The molecule has 2 rings (SSSR count). The Hall–Kier alpha value is -2.43. The van der Waals surface area contributed by atoms with Gasteiger partial charge in [-0.2, -0.15) is 13.5 Å². The normalized spacial score (nSPS) is 11.3. The number of aryl methyl sites for hydroxylation is 2. The number of ether oxygens (including phenoxy) is 1. The second-order valence-corrected chi connectivity index (χ2v) is 5.46. The average molecular weight is 300 g/mol. The number of carbonyl (C=O) groups is 1. The van der Waals surface area contributed by atoms with Crippen LogP contribution < -0.4 is 4.72 Å². The summed E-state index contributed by atoms with van der Waals surface area (Å²) in [7, 11) is 0.286. The summed E-state index contributed by atoms with van der Waals surface area (Å²) in [6, 6.07) is 1.27. The van der Waals surface area contributed by atoms with Gasteiger partial charge in [0.25, 0.3) is 10.0 Å². The third-order valence-electron chi connectivity index (χ3n) is 2.46. The number of aromatic nitrogens is 5. The van der Waals surface area contributed by atoms with Crippen LogP contribution in [0.1, 0.15) is 10.5 Å². The largest absolute Gasteiger partial charge is 0.464 e. The van der Waals surface area contributed by atoms with Crippen LogP contribution in [0, 0.1) is 0 Å². The van der Waals surface area contributed by atoms with E-state index in [1.807, 2.05) is 0 Å². The highest BCUT2D eigenvalue weighted by Crippen LogP contribution is 2.15. The van der Waals surface area contributed by atoms with E-state index in [0.29, 0.717) is 0 Å². The molecular formula is C9H12N6O4S. The molecule has 1 N–H and O–H groups in total. The van der Waals surface area contributed by atoms with Crippen LogP contribution in [-0.2, 0) is 28.9 Å². The predicted molar refractivity (Wildman–Crippen MR) is 66.4 cm³/mol. The van der Waals surface area contributed by atoms with Crippen LogP contribution in [0.25, 0.3) is 0 Å². The van der Waals surface area contributed by atoms with Crippen molar-refractivity contribution in [2.75, 3.05) is 11.8 Å². The maximum Gasteiger partial charge on any atom is 0.356 e. The van der Waals surface area contributed by atoms with E-state index in [2.05, 4.69) is 24.9 Å². The van der Waals surface area contributed by atoms with E-state index in [4.69, 9.17) is 0 Å². The molecule has 0 radical (unpaired) electrons. The van der Waals surface area contributed by atoms with Gasteiger partial charge in [-0.05, 0) is 0 Å². The molecule has 0 aliphatic carbocycles. The monoisotopic (exact) mass is 300 g/mol. The topological polar surface area (TPSA) is 121 Å². The zero-order valence-electron chi connectivity index (χ0n) is 10.9. The summed E-state index contributed by atoms with van der Waals surface area (Å²) >= 11 is 0. The lowest BCUT2D eigenvalue weighted by atomic mass is 10.4. The first-order valence-corrected chi connectivity index (χ1v) is 6.83. The summed E-state index contributed by atoms with van der Waals surface area (Å²) < 4.78 is 33.2. The number of carbonyl (C=O) groups excluding carboxylic acids is 1. The fourth-order valence-corrected chi connectivity index (χ4v) is 2.58. The quantitative estimate of drug-likeness (QED) is 0.729. The minimum Gasteiger partial charge on any atom is -0.464 e. The van der Waals surface area contributed by atoms with Crippen molar-refractivity contribution in [2.24, 2.45) is 14.1 Å². The molecule has 0 atom stereocenters. The van der Waals surface area contributed by atoms with Gasteiger partial charge in [-0.25, -0.2) is 9.48 Å². The van der Waals surface area contributed by atoms with Gasteiger partial charge in [0, 0.05) is 20.2 Å². The Labute approximate surface area is 114 Å². The number of hydrogen-bond donors (Lipinski definition) is 1. The number of rotatable bonds is 4. The number of esters is 1. The van der Waals surface area contributed by atoms with Gasteiger partial charge in [0.05, 0.1) is 13.3 Å². The van der Waals surface area contributed by atoms with Gasteiger partial charge in [0.1, 0.15) is 5.69 Å². The first kappa shape index (κ1) is 14.0. The summed E-state index contributed by atoms with van der Waals surface area (Å²) in [6.45, 7) is 0. The van der Waals surface area contributed by atoms with Crippen molar-refractivity contribution < 1.29 is 17.9 Å². The second kappa shape index (κ2) is 4.92. The first-order valence-electron chi connectivity index (χ1n) is 5.35. The van der Waals surface area contributed by atoms with Crippen LogP contribution in [0.4, 0.5) is 5.82 Å². The molecule has 20 heavy (non-hydrogen) atoms. The summed E-state index contributed by atoms with van der Waals surface area (Å²) in [5, 5.41) is 10.8. The molecule has 11 heteroatoms. The van der Waals surface area contributed by atoms with Crippen molar-refractivity contribution in [2.45, 2.75) is 5.03 Å². The van der Waals surface area contributed by atoms with Crippen molar-refractivity contribution in [3.63, 3.8) is 0 Å². The van der Waals surface area contributed by atoms with Crippen LogP contribution in [0.15, 0.2) is 17.3 Å². The van der Waals surface area contributed by atoms with Crippen molar-refractivity contribution in [3.8, 4) is 0 Å². The van der Waals surface area contributed by atoms with Crippen LogP contribution in [0.3, 0.4) is 0 Å². The molecule has 2 aromatic rings. The van der Waals surface area contributed by atoms with E-state index in [0.717, 1.165) is 10.9 Å². The molecule has 2 aromatic heterocycles. The highest BCUT2D eigenvalue weighted by molar-refractivity contribution is 7.92. The fraction of sp³-hybridized carbons (Fsp3) is 0.333. The maximum atomic E-state index is 12.1. The van der Waals surface area contributed by atoms with Gasteiger partial charge in [-0.15, -0.1) is 5.10 Å². The number of nitrogens with zero attached hydrogens (tertiary/aromatic N) is 5.